The molecule has 2 unspecified atom stereocenters. The van der Waals surface area contributed by atoms with Gasteiger partial charge in [-0.2, -0.15) is 17.4 Å². The minimum Gasteiger partial charge on any atom is -0.311 e. The molecular weight excluding hydrogens is 346 g/mol. The zero-order valence-electron chi connectivity index (χ0n) is 15.6. The van der Waals surface area contributed by atoms with Gasteiger partial charge in [-0.25, -0.2) is 0 Å². The Morgan fingerprint density at radius 1 is 1.00 bits per heavy atom. The monoisotopic (exact) mass is 381 g/mol. The van der Waals surface area contributed by atoms with Crippen molar-refractivity contribution in [2.75, 3.05) is 13.1 Å². The molecule has 2 N–H and O–H groups in total. The number of fused-ring (bicyclic) bond motifs is 2. The molecule has 2 bridgehead atoms. The lowest BCUT2D eigenvalue weighted by Gasteiger charge is -2.32. The number of piperidine rings is 1. The molecule has 2 heterocycles. The van der Waals surface area contributed by atoms with Crippen molar-refractivity contribution >= 4 is 22.6 Å². The van der Waals surface area contributed by atoms with Crippen LogP contribution >= 0.6 is 12.4 Å². The molecule has 0 spiro atoms. The van der Waals surface area contributed by atoms with Crippen LogP contribution in [0, 0.1) is 11.8 Å². The molecule has 2 rings (SSSR count). The first kappa shape index (κ1) is 22.2. The maximum Gasteiger partial charge on any atom is 0.279 e. The molecular formula is C17H36ClN3O2S. The van der Waals surface area contributed by atoms with E-state index >= 15 is 0 Å². The first-order valence-corrected chi connectivity index (χ1v) is 10.7. The Balaban J connectivity index is 0.00000288. The molecule has 2 aliphatic heterocycles. The van der Waals surface area contributed by atoms with Gasteiger partial charge in [0.25, 0.3) is 10.2 Å². The predicted octanol–water partition coefficient (Wildman–Crippen LogP) is 2.92. The molecule has 0 radical (unpaired) electrons. The molecule has 24 heavy (non-hydrogen) atoms. The largest absolute Gasteiger partial charge is 0.311 e. The van der Waals surface area contributed by atoms with Gasteiger partial charge < -0.3 is 5.32 Å². The predicted molar refractivity (Wildman–Crippen MR) is 103 cm³/mol. The van der Waals surface area contributed by atoms with Gasteiger partial charge in [0.05, 0.1) is 0 Å². The first-order valence-electron chi connectivity index (χ1n) is 9.29. The number of halogens is 1. The lowest BCUT2D eigenvalue weighted by molar-refractivity contribution is 0.321. The standard InChI is InChI=1S/C17H35N3O2S.ClH/c1-13(2)7-9-20(10-8-14(3)4)23(21,22)19-17-11-15-5-6-16(12-17)18-15;/h13-19H,5-12H2,1-4H3;1H. The van der Waals surface area contributed by atoms with Crippen molar-refractivity contribution in [1.29, 1.82) is 0 Å². The summed E-state index contributed by atoms with van der Waals surface area (Å²) in [5.41, 5.74) is 0. The maximum absolute atomic E-state index is 12.9. The summed E-state index contributed by atoms with van der Waals surface area (Å²) in [7, 11) is -3.38. The maximum atomic E-state index is 12.9. The summed E-state index contributed by atoms with van der Waals surface area (Å²) < 4.78 is 30.4. The van der Waals surface area contributed by atoms with Gasteiger partial charge >= 0.3 is 0 Å². The lowest BCUT2D eigenvalue weighted by atomic mass is 10.0. The van der Waals surface area contributed by atoms with Crippen LogP contribution in [0.3, 0.4) is 0 Å². The highest BCUT2D eigenvalue weighted by Crippen LogP contribution is 2.27. The number of rotatable bonds is 9. The van der Waals surface area contributed by atoms with Gasteiger partial charge in [0, 0.05) is 31.2 Å². The van der Waals surface area contributed by atoms with Gasteiger partial charge in [-0.3, -0.25) is 0 Å². The second-order valence-electron chi connectivity index (χ2n) is 8.19. The van der Waals surface area contributed by atoms with E-state index in [0.717, 1.165) is 25.7 Å². The summed E-state index contributed by atoms with van der Waals surface area (Å²) >= 11 is 0. The van der Waals surface area contributed by atoms with Crippen molar-refractivity contribution in [3.63, 3.8) is 0 Å². The fourth-order valence-corrected chi connectivity index (χ4v) is 5.05. The Labute approximate surface area is 154 Å². The fourth-order valence-electron chi connectivity index (χ4n) is 3.60. The highest BCUT2D eigenvalue weighted by molar-refractivity contribution is 7.87. The normalized spacial score (nSPS) is 27.0. The topological polar surface area (TPSA) is 61.4 Å². The molecule has 0 aromatic rings. The van der Waals surface area contributed by atoms with Gasteiger partial charge in [0.2, 0.25) is 0 Å². The highest BCUT2D eigenvalue weighted by Gasteiger charge is 2.36. The number of nitrogens with one attached hydrogen (secondary N) is 2. The summed E-state index contributed by atoms with van der Waals surface area (Å²) in [6.45, 7) is 9.82. The van der Waals surface area contributed by atoms with Gasteiger partial charge in [0.15, 0.2) is 0 Å². The van der Waals surface area contributed by atoms with Gasteiger partial charge in [-0.05, 0) is 50.4 Å². The van der Waals surface area contributed by atoms with Crippen LogP contribution in [0.15, 0.2) is 0 Å². The zero-order chi connectivity index (χ0) is 17.0. The quantitative estimate of drug-likeness (QED) is 0.645. The molecule has 2 saturated heterocycles. The van der Waals surface area contributed by atoms with Crippen molar-refractivity contribution in [1.82, 2.24) is 14.3 Å². The molecule has 0 saturated carbocycles. The van der Waals surface area contributed by atoms with E-state index < -0.39 is 10.2 Å². The Kier molecular flexibility index (Phi) is 8.97. The Morgan fingerprint density at radius 2 is 1.46 bits per heavy atom. The lowest BCUT2D eigenvalue weighted by Crippen LogP contribution is -2.52. The third-order valence-electron chi connectivity index (χ3n) is 5.04. The molecule has 2 aliphatic rings. The van der Waals surface area contributed by atoms with E-state index in [0.29, 0.717) is 37.0 Å². The minimum atomic E-state index is -3.38. The second kappa shape index (κ2) is 9.72. The van der Waals surface area contributed by atoms with Gasteiger partial charge in [0.1, 0.15) is 0 Å². The van der Waals surface area contributed by atoms with E-state index in [1.54, 1.807) is 4.31 Å². The summed E-state index contributed by atoms with van der Waals surface area (Å²) in [6.07, 6.45) is 6.06. The van der Waals surface area contributed by atoms with Crippen LogP contribution in [0.1, 0.15) is 66.2 Å². The highest BCUT2D eigenvalue weighted by atomic mass is 35.5. The Bertz CT molecular complexity index is 446. The summed E-state index contributed by atoms with van der Waals surface area (Å²) in [5.74, 6) is 1.03. The zero-order valence-corrected chi connectivity index (χ0v) is 17.3. The average molecular weight is 382 g/mol. The molecule has 7 heteroatoms. The summed E-state index contributed by atoms with van der Waals surface area (Å²) in [4.78, 5) is 0. The van der Waals surface area contributed by atoms with Crippen molar-refractivity contribution in [2.45, 2.75) is 84.3 Å². The molecule has 0 aromatic carbocycles. The summed E-state index contributed by atoms with van der Waals surface area (Å²) in [6, 6.07) is 1.10. The first-order chi connectivity index (χ1) is 10.8. The van der Waals surface area contributed by atoms with E-state index in [1.165, 1.54) is 12.8 Å². The number of hydrogen-bond acceptors (Lipinski definition) is 3. The van der Waals surface area contributed by atoms with Crippen LogP contribution in [0.5, 0.6) is 0 Å². The molecule has 0 aliphatic carbocycles. The third kappa shape index (κ3) is 6.79. The molecule has 5 nitrogen and oxygen atoms in total. The van der Waals surface area contributed by atoms with Crippen molar-refractivity contribution < 1.29 is 8.42 Å². The Hall–Kier alpha value is 0.120. The van der Waals surface area contributed by atoms with Gasteiger partial charge in [-0.15, -0.1) is 12.4 Å². The fraction of sp³-hybridized carbons (Fsp3) is 1.00. The number of nitrogens with zero attached hydrogens (tertiary/aromatic N) is 1. The minimum absolute atomic E-state index is 0. The molecule has 0 amide bonds. The van der Waals surface area contributed by atoms with Crippen LogP contribution < -0.4 is 10.0 Å². The van der Waals surface area contributed by atoms with E-state index in [1.807, 2.05) is 0 Å². The summed E-state index contributed by atoms with van der Waals surface area (Å²) in [5, 5.41) is 3.57. The van der Waals surface area contributed by atoms with Crippen LogP contribution in [-0.4, -0.2) is 43.9 Å². The van der Waals surface area contributed by atoms with Crippen LogP contribution in [0.25, 0.3) is 0 Å². The average Bonchev–Trinajstić information content (AvgIpc) is 2.76. The van der Waals surface area contributed by atoms with Crippen molar-refractivity contribution in [3.8, 4) is 0 Å². The smallest absolute Gasteiger partial charge is 0.279 e. The number of hydrogen-bond donors (Lipinski definition) is 2. The Morgan fingerprint density at radius 3 is 1.88 bits per heavy atom. The second-order valence-corrected chi connectivity index (χ2v) is 9.90. The van der Waals surface area contributed by atoms with Crippen molar-refractivity contribution in [3.05, 3.63) is 0 Å². The van der Waals surface area contributed by atoms with Crippen LogP contribution in [-0.2, 0) is 10.2 Å². The SMILES string of the molecule is CC(C)CCN(CCC(C)C)S(=O)(=O)NC1CC2CCC(C1)N2.Cl. The molecule has 2 fully saturated rings. The van der Waals surface area contributed by atoms with E-state index in [4.69, 9.17) is 0 Å². The molecule has 144 valence electrons. The van der Waals surface area contributed by atoms with Crippen LogP contribution in [0.4, 0.5) is 0 Å². The third-order valence-corrected chi connectivity index (χ3v) is 6.72. The van der Waals surface area contributed by atoms with E-state index in [-0.39, 0.29) is 18.4 Å². The molecule has 0 aromatic heterocycles. The molecule has 2 atom stereocenters. The van der Waals surface area contributed by atoms with Gasteiger partial charge in [-0.1, -0.05) is 27.7 Å². The van der Waals surface area contributed by atoms with E-state index in [2.05, 4.69) is 37.7 Å². The van der Waals surface area contributed by atoms with E-state index in [9.17, 15) is 8.42 Å². The van der Waals surface area contributed by atoms with Crippen LogP contribution in [0.2, 0.25) is 0 Å². The van der Waals surface area contributed by atoms with Crippen molar-refractivity contribution in [2.24, 2.45) is 11.8 Å².